The first-order valence-corrected chi connectivity index (χ1v) is 10.9. The van der Waals surface area contributed by atoms with Crippen LogP contribution >= 0.6 is 0 Å². The third-order valence-electron chi connectivity index (χ3n) is 6.41. The van der Waals surface area contributed by atoms with Gasteiger partial charge in [0.25, 0.3) is 5.91 Å². The molecular weight excluding hydrogens is 418 g/mol. The topological polar surface area (TPSA) is 98.7 Å². The molecule has 7 heteroatoms. The van der Waals surface area contributed by atoms with Crippen LogP contribution in [-0.4, -0.2) is 48.0 Å². The average Bonchev–Trinajstić information content (AvgIpc) is 3.46. The summed E-state index contributed by atoms with van der Waals surface area (Å²) in [5, 5.41) is 0.960. The van der Waals surface area contributed by atoms with Crippen LogP contribution in [0.2, 0.25) is 0 Å². The standard InChI is InChI=1S/C26H21N3O4/c27-25(30)21-14-22(15-2-4-23-16(11-15)5-8-33-23)28-24-19-3-1-17(12-18(19)13-20(21)24)26(31)29-6-9-32-10-7-29/h1-5,8,11-12,14H,6-7,9-10,13H2,(H2,27,30). The van der Waals surface area contributed by atoms with Crippen LogP contribution in [0.1, 0.15) is 31.8 Å². The van der Waals surface area contributed by atoms with Crippen molar-refractivity contribution in [2.45, 2.75) is 6.42 Å². The van der Waals surface area contributed by atoms with E-state index in [1.807, 2.05) is 47.4 Å². The minimum absolute atomic E-state index is 0.00533. The van der Waals surface area contributed by atoms with Gasteiger partial charge in [0, 0.05) is 47.2 Å². The SMILES string of the molecule is NC(=O)c1cc(-c2ccc3occc3c2)nc2c1Cc1cc(C(=O)N3CCOCC3)ccc1-2. The van der Waals surface area contributed by atoms with Crippen molar-refractivity contribution >= 4 is 22.8 Å². The zero-order chi connectivity index (χ0) is 22.5. The molecule has 1 aliphatic heterocycles. The van der Waals surface area contributed by atoms with E-state index in [0.717, 1.165) is 38.9 Å². The minimum atomic E-state index is -0.489. The van der Waals surface area contributed by atoms with Crippen LogP contribution in [0.3, 0.4) is 0 Å². The van der Waals surface area contributed by atoms with E-state index in [1.165, 1.54) is 0 Å². The van der Waals surface area contributed by atoms with Gasteiger partial charge in [-0.05, 0) is 53.6 Å². The number of carbonyl (C=O) groups excluding carboxylic acids is 2. The number of aromatic nitrogens is 1. The molecule has 33 heavy (non-hydrogen) atoms. The Balaban J connectivity index is 1.42. The third-order valence-corrected chi connectivity index (χ3v) is 6.41. The van der Waals surface area contributed by atoms with Crippen LogP contribution in [0.5, 0.6) is 0 Å². The molecule has 0 atom stereocenters. The van der Waals surface area contributed by atoms with Gasteiger partial charge in [0.2, 0.25) is 5.91 Å². The van der Waals surface area contributed by atoms with Gasteiger partial charge >= 0.3 is 0 Å². The molecule has 4 aromatic rings. The number of pyridine rings is 1. The number of carbonyl (C=O) groups is 2. The molecule has 0 bridgehead atoms. The van der Waals surface area contributed by atoms with Gasteiger partial charge in [-0.15, -0.1) is 0 Å². The summed E-state index contributed by atoms with van der Waals surface area (Å²) in [5.41, 5.74) is 12.6. The van der Waals surface area contributed by atoms with Crippen LogP contribution in [-0.2, 0) is 11.2 Å². The lowest BCUT2D eigenvalue weighted by atomic mass is 10.0. The van der Waals surface area contributed by atoms with Crippen molar-refractivity contribution in [2.75, 3.05) is 26.3 Å². The van der Waals surface area contributed by atoms with Crippen LogP contribution in [0, 0.1) is 0 Å². The fraction of sp³-hybridized carbons (Fsp3) is 0.192. The van der Waals surface area contributed by atoms with E-state index < -0.39 is 5.91 Å². The van der Waals surface area contributed by atoms with Crippen LogP contribution < -0.4 is 5.73 Å². The van der Waals surface area contributed by atoms with E-state index in [0.29, 0.717) is 49.5 Å². The highest BCUT2D eigenvalue weighted by Gasteiger charge is 2.28. The lowest BCUT2D eigenvalue weighted by molar-refractivity contribution is 0.0303. The number of hydrogen-bond donors (Lipinski definition) is 1. The maximum absolute atomic E-state index is 12.9. The highest BCUT2D eigenvalue weighted by Crippen LogP contribution is 2.39. The molecule has 0 unspecified atom stereocenters. The Morgan fingerprint density at radius 3 is 2.67 bits per heavy atom. The first-order valence-electron chi connectivity index (χ1n) is 10.9. The van der Waals surface area contributed by atoms with Gasteiger partial charge < -0.3 is 19.8 Å². The first kappa shape index (κ1) is 19.7. The van der Waals surface area contributed by atoms with Crippen LogP contribution in [0.25, 0.3) is 33.5 Å². The summed E-state index contributed by atoms with van der Waals surface area (Å²) in [6, 6.07) is 15.1. The van der Waals surface area contributed by atoms with E-state index in [-0.39, 0.29) is 5.91 Å². The molecule has 2 N–H and O–H groups in total. The fourth-order valence-corrected chi connectivity index (χ4v) is 4.71. The number of nitrogens with zero attached hydrogens (tertiary/aromatic N) is 2. The highest BCUT2D eigenvalue weighted by molar-refractivity contribution is 6.00. The van der Waals surface area contributed by atoms with Crippen molar-refractivity contribution in [3.05, 3.63) is 77.0 Å². The van der Waals surface area contributed by atoms with Crippen molar-refractivity contribution in [1.82, 2.24) is 9.88 Å². The summed E-state index contributed by atoms with van der Waals surface area (Å²) >= 11 is 0. The Bertz CT molecular complexity index is 1430. The van der Waals surface area contributed by atoms with Crippen molar-refractivity contribution in [3.63, 3.8) is 0 Å². The maximum atomic E-state index is 12.9. The van der Waals surface area contributed by atoms with E-state index in [1.54, 1.807) is 12.3 Å². The smallest absolute Gasteiger partial charge is 0.254 e. The summed E-state index contributed by atoms with van der Waals surface area (Å²) in [5.74, 6) is -0.494. The van der Waals surface area contributed by atoms with Gasteiger partial charge in [-0.3, -0.25) is 9.59 Å². The summed E-state index contributed by atoms with van der Waals surface area (Å²) in [6.07, 6.45) is 2.16. The number of morpholine rings is 1. The van der Waals surface area contributed by atoms with Crippen molar-refractivity contribution < 1.29 is 18.7 Å². The molecule has 2 aromatic carbocycles. The second-order valence-electron chi connectivity index (χ2n) is 8.37. The normalized spacial score (nSPS) is 14.8. The van der Waals surface area contributed by atoms with E-state index in [4.69, 9.17) is 19.9 Å². The quantitative estimate of drug-likeness (QED) is 0.463. The summed E-state index contributed by atoms with van der Waals surface area (Å²) in [4.78, 5) is 32.0. The maximum Gasteiger partial charge on any atom is 0.254 e. The Hall–Kier alpha value is -3.97. The highest BCUT2D eigenvalue weighted by atomic mass is 16.5. The number of nitrogens with two attached hydrogens (primary N) is 1. The molecule has 7 nitrogen and oxygen atoms in total. The summed E-state index contributed by atoms with van der Waals surface area (Å²) in [6.45, 7) is 2.30. The van der Waals surface area contributed by atoms with Gasteiger partial charge in [-0.25, -0.2) is 4.98 Å². The zero-order valence-corrected chi connectivity index (χ0v) is 17.8. The number of fused-ring (bicyclic) bond motifs is 4. The molecule has 2 aromatic heterocycles. The molecule has 1 fully saturated rings. The third kappa shape index (κ3) is 3.29. The van der Waals surface area contributed by atoms with E-state index >= 15 is 0 Å². The predicted octanol–water partition coefficient (Wildman–Crippen LogP) is 3.64. The number of benzene rings is 2. The van der Waals surface area contributed by atoms with Gasteiger partial charge in [0.1, 0.15) is 5.58 Å². The lowest BCUT2D eigenvalue weighted by Gasteiger charge is -2.27. The Labute approximate surface area is 189 Å². The average molecular weight is 439 g/mol. The van der Waals surface area contributed by atoms with Crippen molar-refractivity contribution in [3.8, 4) is 22.5 Å². The number of ether oxygens (including phenoxy) is 1. The second kappa shape index (κ2) is 7.56. The summed E-state index contributed by atoms with van der Waals surface area (Å²) < 4.78 is 10.8. The summed E-state index contributed by atoms with van der Waals surface area (Å²) in [7, 11) is 0. The van der Waals surface area contributed by atoms with Gasteiger partial charge in [0.15, 0.2) is 0 Å². The van der Waals surface area contributed by atoms with Gasteiger partial charge in [0.05, 0.1) is 30.9 Å². The number of hydrogen-bond acceptors (Lipinski definition) is 5. The van der Waals surface area contributed by atoms with Gasteiger partial charge in [-0.1, -0.05) is 6.07 Å². The molecule has 1 saturated heterocycles. The molecule has 2 aliphatic rings. The largest absolute Gasteiger partial charge is 0.464 e. The van der Waals surface area contributed by atoms with Gasteiger partial charge in [-0.2, -0.15) is 0 Å². The molecule has 6 rings (SSSR count). The van der Waals surface area contributed by atoms with E-state index in [2.05, 4.69) is 0 Å². The Morgan fingerprint density at radius 1 is 1.00 bits per heavy atom. The number of rotatable bonds is 3. The lowest BCUT2D eigenvalue weighted by Crippen LogP contribution is -2.40. The van der Waals surface area contributed by atoms with Crippen molar-refractivity contribution in [1.29, 1.82) is 0 Å². The monoisotopic (exact) mass is 439 g/mol. The fourth-order valence-electron chi connectivity index (χ4n) is 4.71. The molecule has 0 saturated carbocycles. The zero-order valence-electron chi connectivity index (χ0n) is 17.8. The molecule has 1 aliphatic carbocycles. The molecule has 0 radical (unpaired) electrons. The molecule has 3 heterocycles. The first-order chi connectivity index (χ1) is 16.1. The van der Waals surface area contributed by atoms with E-state index in [9.17, 15) is 9.59 Å². The molecular formula is C26H21N3O4. The number of primary amides is 1. The number of furan rings is 1. The predicted molar refractivity (Wildman–Crippen MR) is 123 cm³/mol. The Kier molecular flexibility index (Phi) is 4.52. The molecule has 2 amide bonds. The molecule has 0 spiro atoms. The van der Waals surface area contributed by atoms with Crippen LogP contribution in [0.4, 0.5) is 0 Å². The Morgan fingerprint density at radius 2 is 1.85 bits per heavy atom. The second-order valence-corrected chi connectivity index (χ2v) is 8.37. The minimum Gasteiger partial charge on any atom is -0.464 e. The van der Waals surface area contributed by atoms with Crippen LogP contribution in [0.15, 0.2) is 59.2 Å². The van der Waals surface area contributed by atoms with Crippen molar-refractivity contribution in [2.24, 2.45) is 5.73 Å². The molecule has 164 valence electrons. The number of amides is 2.